The van der Waals surface area contributed by atoms with Crippen LogP contribution in [0.3, 0.4) is 0 Å². The van der Waals surface area contributed by atoms with Gasteiger partial charge in [-0.25, -0.2) is 9.48 Å². The lowest BCUT2D eigenvalue weighted by Crippen LogP contribution is -2.28. The smallest absolute Gasteiger partial charge is 0.359 e. The van der Waals surface area contributed by atoms with E-state index in [1.54, 1.807) is 55.6 Å². The van der Waals surface area contributed by atoms with Gasteiger partial charge in [0.25, 0.3) is 5.56 Å². The van der Waals surface area contributed by atoms with Crippen molar-refractivity contribution in [1.29, 1.82) is 0 Å². The molecular weight excluding hydrogens is 360 g/mol. The van der Waals surface area contributed by atoms with Crippen molar-refractivity contribution in [3.63, 3.8) is 0 Å². The minimum absolute atomic E-state index is 0.0572. The largest absolute Gasteiger partial charge is 0.497 e. The number of methoxy groups -OCH3 is 1. The maximum absolute atomic E-state index is 12.6. The van der Waals surface area contributed by atoms with Gasteiger partial charge in [-0.2, -0.15) is 5.10 Å². The van der Waals surface area contributed by atoms with Crippen LogP contribution in [-0.4, -0.2) is 36.1 Å². The molecule has 1 heterocycles. The van der Waals surface area contributed by atoms with E-state index in [1.165, 1.54) is 4.68 Å². The summed E-state index contributed by atoms with van der Waals surface area (Å²) in [7, 11) is 1.59. The Hall–Kier alpha value is -3.35. The number of rotatable bonds is 7. The number of nitrogens with zero attached hydrogens (tertiary/aromatic N) is 2. The fourth-order valence-electron chi connectivity index (χ4n) is 2.74. The number of hydrogen-bond donors (Lipinski definition) is 0. The first kappa shape index (κ1) is 19.4. The van der Waals surface area contributed by atoms with Gasteiger partial charge in [-0.05, 0) is 44.2 Å². The number of fused-ring (bicyclic) bond motifs is 1. The van der Waals surface area contributed by atoms with Gasteiger partial charge in [0.15, 0.2) is 5.69 Å². The van der Waals surface area contributed by atoms with Gasteiger partial charge in [0.05, 0.1) is 18.5 Å². The molecule has 0 bridgehead atoms. The molecule has 3 rings (SSSR count). The Kier molecular flexibility index (Phi) is 5.93. The first-order valence-corrected chi connectivity index (χ1v) is 8.97. The van der Waals surface area contributed by atoms with Crippen LogP contribution in [0.1, 0.15) is 30.4 Å². The van der Waals surface area contributed by atoms with E-state index in [9.17, 15) is 9.59 Å². The zero-order valence-corrected chi connectivity index (χ0v) is 16.0. The number of ether oxygens (including phenoxy) is 3. The molecule has 7 nitrogen and oxygen atoms in total. The molecule has 0 aliphatic heterocycles. The van der Waals surface area contributed by atoms with Gasteiger partial charge in [0.1, 0.15) is 24.7 Å². The third-order valence-electron chi connectivity index (χ3n) is 4.16. The van der Waals surface area contributed by atoms with Crippen LogP contribution in [-0.2, 0) is 4.74 Å². The molecule has 0 amide bonds. The molecule has 0 aliphatic carbocycles. The van der Waals surface area contributed by atoms with E-state index in [4.69, 9.17) is 14.2 Å². The Labute approximate surface area is 162 Å². The summed E-state index contributed by atoms with van der Waals surface area (Å²) in [5.41, 5.74) is -0.113. The lowest BCUT2D eigenvalue weighted by atomic mass is 10.1. The molecule has 0 spiro atoms. The highest BCUT2D eigenvalue weighted by molar-refractivity contribution is 6.02. The second-order valence-corrected chi connectivity index (χ2v) is 6.40. The molecule has 0 saturated heterocycles. The fraction of sp³-hybridized carbons (Fsp3) is 0.286. The molecule has 1 aromatic heterocycles. The number of esters is 1. The Morgan fingerprint density at radius 1 is 1.00 bits per heavy atom. The van der Waals surface area contributed by atoms with Crippen molar-refractivity contribution in [2.45, 2.75) is 19.9 Å². The molecule has 0 aliphatic rings. The molecule has 0 unspecified atom stereocenters. The average Bonchev–Trinajstić information content (AvgIpc) is 2.71. The van der Waals surface area contributed by atoms with Crippen molar-refractivity contribution in [2.24, 2.45) is 0 Å². The lowest BCUT2D eigenvalue weighted by Gasteiger charge is -2.13. The van der Waals surface area contributed by atoms with Crippen LogP contribution in [0.15, 0.2) is 53.3 Å². The summed E-state index contributed by atoms with van der Waals surface area (Å²) in [5.74, 6) is 0.787. The van der Waals surface area contributed by atoms with Gasteiger partial charge in [-0.3, -0.25) is 4.79 Å². The van der Waals surface area contributed by atoms with Gasteiger partial charge in [-0.1, -0.05) is 18.2 Å². The third kappa shape index (κ3) is 4.14. The van der Waals surface area contributed by atoms with E-state index in [2.05, 4.69) is 5.10 Å². The van der Waals surface area contributed by atoms with E-state index in [-0.39, 0.29) is 30.5 Å². The van der Waals surface area contributed by atoms with Gasteiger partial charge in [0.2, 0.25) is 0 Å². The molecule has 146 valence electrons. The number of carbonyl (C=O) groups excluding carboxylic acids is 1. The topological polar surface area (TPSA) is 79.7 Å². The molecule has 7 heteroatoms. The number of aromatic nitrogens is 2. The fourth-order valence-corrected chi connectivity index (χ4v) is 2.74. The Morgan fingerprint density at radius 3 is 2.29 bits per heavy atom. The maximum Gasteiger partial charge on any atom is 0.359 e. The Bertz CT molecular complexity index is 1030. The first-order valence-electron chi connectivity index (χ1n) is 8.97. The maximum atomic E-state index is 12.6. The van der Waals surface area contributed by atoms with E-state index in [0.29, 0.717) is 16.5 Å². The highest BCUT2D eigenvalue weighted by Gasteiger charge is 2.18. The van der Waals surface area contributed by atoms with Gasteiger partial charge in [0, 0.05) is 5.39 Å². The summed E-state index contributed by atoms with van der Waals surface area (Å²) < 4.78 is 17.3. The molecule has 2 aromatic carbocycles. The van der Waals surface area contributed by atoms with E-state index < -0.39 is 5.97 Å². The Morgan fingerprint density at radius 2 is 1.64 bits per heavy atom. The van der Waals surface area contributed by atoms with Gasteiger partial charge >= 0.3 is 5.97 Å². The second-order valence-electron chi connectivity index (χ2n) is 6.40. The summed E-state index contributed by atoms with van der Waals surface area (Å²) in [4.78, 5) is 25.1. The normalized spacial score (nSPS) is 10.9. The monoisotopic (exact) mass is 382 g/mol. The Balaban J connectivity index is 1.71. The second kappa shape index (κ2) is 8.56. The highest BCUT2D eigenvalue weighted by Crippen LogP contribution is 2.18. The predicted molar refractivity (Wildman–Crippen MR) is 105 cm³/mol. The summed E-state index contributed by atoms with van der Waals surface area (Å²) >= 11 is 0. The van der Waals surface area contributed by atoms with Crippen LogP contribution in [0.2, 0.25) is 0 Å². The van der Waals surface area contributed by atoms with Gasteiger partial charge in [-0.15, -0.1) is 0 Å². The van der Waals surface area contributed by atoms with E-state index >= 15 is 0 Å². The van der Waals surface area contributed by atoms with Crippen molar-refractivity contribution in [1.82, 2.24) is 9.78 Å². The zero-order chi connectivity index (χ0) is 20.1. The molecule has 0 atom stereocenters. The standard InChI is InChI=1S/C21H22N2O5/c1-14(2)23-20(24)18-7-5-4-6-17(18)19(22-23)21(25)28-13-12-27-16-10-8-15(26-3)9-11-16/h4-11,14H,12-13H2,1-3H3. The van der Waals surface area contributed by atoms with Gasteiger partial charge < -0.3 is 14.2 Å². The third-order valence-corrected chi connectivity index (χ3v) is 4.16. The number of benzene rings is 2. The average molecular weight is 382 g/mol. The number of carbonyl (C=O) groups is 1. The zero-order valence-electron chi connectivity index (χ0n) is 16.0. The molecule has 0 saturated carbocycles. The first-order chi connectivity index (χ1) is 13.5. The minimum Gasteiger partial charge on any atom is -0.497 e. The molecule has 0 fully saturated rings. The molecule has 3 aromatic rings. The quantitative estimate of drug-likeness (QED) is 0.461. The van der Waals surface area contributed by atoms with Crippen molar-refractivity contribution in [3.8, 4) is 11.5 Å². The van der Waals surface area contributed by atoms with Crippen LogP contribution in [0.5, 0.6) is 11.5 Å². The van der Waals surface area contributed by atoms with Crippen LogP contribution < -0.4 is 15.0 Å². The molecule has 0 N–H and O–H groups in total. The lowest BCUT2D eigenvalue weighted by molar-refractivity contribution is 0.0443. The summed E-state index contributed by atoms with van der Waals surface area (Å²) in [6.45, 7) is 3.92. The highest BCUT2D eigenvalue weighted by atomic mass is 16.6. The predicted octanol–water partition coefficient (Wildman–Crippen LogP) is 3.22. The molecule has 0 radical (unpaired) electrons. The SMILES string of the molecule is COc1ccc(OCCOC(=O)c2nn(C(C)C)c(=O)c3ccccc23)cc1. The van der Waals surface area contributed by atoms with E-state index in [0.717, 1.165) is 5.75 Å². The molecular formula is C21H22N2O5. The van der Waals surface area contributed by atoms with Crippen LogP contribution in [0.4, 0.5) is 0 Å². The number of hydrogen-bond acceptors (Lipinski definition) is 6. The summed E-state index contributed by atoms with van der Waals surface area (Å²) in [6, 6.07) is 13.8. The van der Waals surface area contributed by atoms with Crippen LogP contribution in [0.25, 0.3) is 10.8 Å². The van der Waals surface area contributed by atoms with Crippen LogP contribution >= 0.6 is 0 Å². The summed E-state index contributed by atoms with van der Waals surface area (Å²) in [5, 5.41) is 5.15. The van der Waals surface area contributed by atoms with Crippen molar-refractivity contribution in [2.75, 3.05) is 20.3 Å². The van der Waals surface area contributed by atoms with Crippen molar-refractivity contribution >= 4 is 16.7 Å². The minimum atomic E-state index is -0.594. The van der Waals surface area contributed by atoms with E-state index in [1.807, 2.05) is 13.8 Å². The van der Waals surface area contributed by atoms with Crippen molar-refractivity contribution < 1.29 is 19.0 Å². The van der Waals surface area contributed by atoms with Crippen molar-refractivity contribution in [3.05, 3.63) is 64.6 Å². The summed E-state index contributed by atoms with van der Waals surface area (Å²) in [6.07, 6.45) is 0. The van der Waals surface area contributed by atoms with Crippen LogP contribution in [0, 0.1) is 0 Å². The molecule has 28 heavy (non-hydrogen) atoms.